The van der Waals surface area contributed by atoms with Gasteiger partial charge in [0.1, 0.15) is 11.5 Å². The summed E-state index contributed by atoms with van der Waals surface area (Å²) in [5.74, 6) is 1.47. The summed E-state index contributed by atoms with van der Waals surface area (Å²) in [4.78, 5) is 11.1. The smallest absolute Gasteiger partial charge is 0.248 e. The lowest BCUT2D eigenvalue weighted by Gasteiger charge is -2.09. The van der Waals surface area contributed by atoms with Gasteiger partial charge in [0.05, 0.1) is 6.54 Å². The average molecular weight is 258 g/mol. The normalized spacial score (nSPS) is 10.4. The largest absolute Gasteiger partial charge is 0.464 e. The van der Waals surface area contributed by atoms with E-state index in [4.69, 9.17) is 10.2 Å². The van der Waals surface area contributed by atoms with E-state index in [2.05, 4.69) is 12.2 Å². The standard InChI is InChI=1S/C15H18N2O2/c1-3-12-5-6-13(19-12)9-17-14-7-4-11(15(16)18)8-10(14)2/h4-8,17H,3,9H2,1-2H3,(H2,16,18). The highest BCUT2D eigenvalue weighted by Crippen LogP contribution is 2.18. The highest BCUT2D eigenvalue weighted by Gasteiger charge is 2.05. The number of hydrogen-bond donors (Lipinski definition) is 2. The molecule has 0 spiro atoms. The molecule has 0 fully saturated rings. The van der Waals surface area contributed by atoms with Crippen molar-refractivity contribution in [3.05, 3.63) is 53.0 Å². The van der Waals surface area contributed by atoms with Crippen LogP contribution in [0.1, 0.15) is 34.4 Å². The zero-order chi connectivity index (χ0) is 13.8. The molecule has 0 aliphatic carbocycles. The van der Waals surface area contributed by atoms with Gasteiger partial charge >= 0.3 is 0 Å². The van der Waals surface area contributed by atoms with Crippen LogP contribution in [0, 0.1) is 6.92 Å². The Morgan fingerprint density at radius 1 is 1.26 bits per heavy atom. The maximum Gasteiger partial charge on any atom is 0.248 e. The highest BCUT2D eigenvalue weighted by atomic mass is 16.3. The number of aryl methyl sites for hydroxylation is 2. The molecule has 0 aliphatic heterocycles. The van der Waals surface area contributed by atoms with E-state index in [1.54, 1.807) is 12.1 Å². The Morgan fingerprint density at radius 3 is 2.58 bits per heavy atom. The van der Waals surface area contributed by atoms with Crippen molar-refractivity contribution in [2.75, 3.05) is 5.32 Å². The number of primary amides is 1. The van der Waals surface area contributed by atoms with Crippen molar-refractivity contribution in [3.63, 3.8) is 0 Å². The van der Waals surface area contributed by atoms with E-state index < -0.39 is 5.91 Å². The summed E-state index contributed by atoms with van der Waals surface area (Å²) in [5.41, 5.74) is 7.72. The third-order valence-electron chi connectivity index (χ3n) is 3.03. The third-order valence-corrected chi connectivity index (χ3v) is 3.03. The number of amides is 1. The van der Waals surface area contributed by atoms with Crippen molar-refractivity contribution in [1.82, 2.24) is 0 Å². The SMILES string of the molecule is CCc1ccc(CNc2ccc(C(N)=O)cc2C)o1. The predicted octanol–water partition coefficient (Wildman–Crippen LogP) is 2.86. The fourth-order valence-electron chi connectivity index (χ4n) is 1.90. The Morgan fingerprint density at radius 2 is 2.00 bits per heavy atom. The van der Waals surface area contributed by atoms with Gasteiger partial charge in [-0.15, -0.1) is 0 Å². The Labute approximate surface area is 112 Å². The van der Waals surface area contributed by atoms with Gasteiger partial charge in [0, 0.05) is 17.7 Å². The molecule has 1 heterocycles. The van der Waals surface area contributed by atoms with Crippen LogP contribution in [0.3, 0.4) is 0 Å². The minimum absolute atomic E-state index is 0.409. The summed E-state index contributed by atoms with van der Waals surface area (Å²) in [5, 5.41) is 3.29. The number of carbonyl (C=O) groups excluding carboxylic acids is 1. The van der Waals surface area contributed by atoms with Crippen LogP contribution in [0.2, 0.25) is 0 Å². The van der Waals surface area contributed by atoms with Crippen molar-refractivity contribution in [2.45, 2.75) is 26.8 Å². The monoisotopic (exact) mass is 258 g/mol. The maximum absolute atomic E-state index is 11.1. The molecule has 19 heavy (non-hydrogen) atoms. The predicted molar refractivity (Wildman–Crippen MR) is 75.1 cm³/mol. The second-order valence-corrected chi connectivity index (χ2v) is 4.47. The van der Waals surface area contributed by atoms with Gasteiger partial charge in [0.15, 0.2) is 0 Å². The summed E-state index contributed by atoms with van der Waals surface area (Å²) < 4.78 is 5.62. The molecule has 1 amide bonds. The molecule has 1 aromatic heterocycles. The van der Waals surface area contributed by atoms with Crippen LogP contribution in [0.25, 0.3) is 0 Å². The molecule has 4 heteroatoms. The lowest BCUT2D eigenvalue weighted by Crippen LogP contribution is -2.11. The molecule has 100 valence electrons. The second kappa shape index (κ2) is 5.61. The van der Waals surface area contributed by atoms with E-state index in [1.165, 1.54) is 0 Å². The highest BCUT2D eigenvalue weighted by molar-refractivity contribution is 5.93. The number of benzene rings is 1. The Hall–Kier alpha value is -2.23. The van der Waals surface area contributed by atoms with Crippen LogP contribution >= 0.6 is 0 Å². The maximum atomic E-state index is 11.1. The lowest BCUT2D eigenvalue weighted by atomic mass is 10.1. The number of nitrogens with two attached hydrogens (primary N) is 1. The van der Waals surface area contributed by atoms with Crippen molar-refractivity contribution in [3.8, 4) is 0 Å². The van der Waals surface area contributed by atoms with Gasteiger partial charge in [0.2, 0.25) is 5.91 Å². The molecular formula is C15H18N2O2. The molecule has 0 bridgehead atoms. The average Bonchev–Trinajstić information content (AvgIpc) is 2.85. The van der Waals surface area contributed by atoms with Crippen molar-refractivity contribution in [1.29, 1.82) is 0 Å². The van der Waals surface area contributed by atoms with Gasteiger partial charge < -0.3 is 15.5 Å². The van der Waals surface area contributed by atoms with Gasteiger partial charge in [-0.2, -0.15) is 0 Å². The van der Waals surface area contributed by atoms with Crippen LogP contribution in [0.15, 0.2) is 34.7 Å². The first-order chi connectivity index (χ1) is 9.10. The number of hydrogen-bond acceptors (Lipinski definition) is 3. The zero-order valence-corrected chi connectivity index (χ0v) is 11.2. The molecule has 0 saturated heterocycles. The molecule has 0 atom stereocenters. The minimum Gasteiger partial charge on any atom is -0.464 e. The van der Waals surface area contributed by atoms with Crippen molar-refractivity contribution >= 4 is 11.6 Å². The molecule has 0 aliphatic rings. The van der Waals surface area contributed by atoms with Gasteiger partial charge in [-0.3, -0.25) is 4.79 Å². The van der Waals surface area contributed by atoms with Gasteiger partial charge in [-0.25, -0.2) is 0 Å². The van der Waals surface area contributed by atoms with Crippen LogP contribution in [-0.2, 0) is 13.0 Å². The van der Waals surface area contributed by atoms with Crippen molar-refractivity contribution in [2.24, 2.45) is 5.73 Å². The Bertz CT molecular complexity index is 588. The zero-order valence-electron chi connectivity index (χ0n) is 11.2. The Kier molecular flexibility index (Phi) is 3.90. The van der Waals surface area contributed by atoms with Crippen LogP contribution < -0.4 is 11.1 Å². The van der Waals surface area contributed by atoms with Gasteiger partial charge in [-0.05, 0) is 42.8 Å². The third kappa shape index (κ3) is 3.16. The van der Waals surface area contributed by atoms with E-state index in [0.717, 1.165) is 29.2 Å². The van der Waals surface area contributed by atoms with Crippen LogP contribution in [-0.4, -0.2) is 5.91 Å². The van der Waals surface area contributed by atoms with E-state index in [0.29, 0.717) is 12.1 Å². The first kappa shape index (κ1) is 13.2. The van der Waals surface area contributed by atoms with E-state index in [9.17, 15) is 4.79 Å². The van der Waals surface area contributed by atoms with Crippen LogP contribution in [0.4, 0.5) is 5.69 Å². The summed E-state index contributed by atoms with van der Waals surface area (Å²) in [6.07, 6.45) is 0.895. The number of rotatable bonds is 5. The summed E-state index contributed by atoms with van der Waals surface area (Å²) in [6, 6.07) is 9.32. The molecule has 0 radical (unpaired) electrons. The molecule has 1 aromatic carbocycles. The topological polar surface area (TPSA) is 68.3 Å². The van der Waals surface area contributed by atoms with E-state index in [-0.39, 0.29) is 0 Å². The summed E-state index contributed by atoms with van der Waals surface area (Å²) in [6.45, 7) is 4.62. The molecule has 0 saturated carbocycles. The van der Waals surface area contributed by atoms with Crippen LogP contribution in [0.5, 0.6) is 0 Å². The van der Waals surface area contributed by atoms with E-state index in [1.807, 2.05) is 25.1 Å². The lowest BCUT2D eigenvalue weighted by molar-refractivity contribution is 0.1000. The summed E-state index contributed by atoms with van der Waals surface area (Å²) in [7, 11) is 0. The molecular weight excluding hydrogens is 240 g/mol. The quantitative estimate of drug-likeness (QED) is 0.866. The molecule has 2 rings (SSSR count). The van der Waals surface area contributed by atoms with E-state index >= 15 is 0 Å². The molecule has 0 unspecified atom stereocenters. The Balaban J connectivity index is 2.05. The first-order valence-electron chi connectivity index (χ1n) is 6.32. The fraction of sp³-hybridized carbons (Fsp3) is 0.267. The second-order valence-electron chi connectivity index (χ2n) is 4.47. The van der Waals surface area contributed by atoms with Gasteiger partial charge in [0.25, 0.3) is 0 Å². The first-order valence-corrected chi connectivity index (χ1v) is 6.32. The number of carbonyl (C=O) groups is 1. The fourth-order valence-corrected chi connectivity index (χ4v) is 1.90. The van der Waals surface area contributed by atoms with Crippen molar-refractivity contribution < 1.29 is 9.21 Å². The molecule has 2 aromatic rings. The number of furan rings is 1. The number of anilines is 1. The minimum atomic E-state index is -0.409. The summed E-state index contributed by atoms with van der Waals surface area (Å²) >= 11 is 0. The number of nitrogens with one attached hydrogen (secondary N) is 1. The van der Waals surface area contributed by atoms with Gasteiger partial charge in [-0.1, -0.05) is 6.92 Å². The molecule has 4 nitrogen and oxygen atoms in total. The molecule has 3 N–H and O–H groups in total.